The lowest BCUT2D eigenvalue weighted by molar-refractivity contribution is -0.935. The van der Waals surface area contributed by atoms with Crippen molar-refractivity contribution in [1.29, 1.82) is 0 Å². The zero-order valence-electron chi connectivity index (χ0n) is 14.3. The Morgan fingerprint density at radius 2 is 1.59 bits per heavy atom. The lowest BCUT2D eigenvalue weighted by atomic mass is 9.94. The van der Waals surface area contributed by atoms with Crippen LogP contribution in [-0.4, -0.2) is 33.3 Å². The van der Waals surface area contributed by atoms with Crippen molar-refractivity contribution < 1.29 is 4.90 Å². The number of hydrogen-bond acceptors (Lipinski definition) is 3. The molecular weight excluding hydrogens is 274 g/mol. The van der Waals surface area contributed by atoms with Crippen LogP contribution in [0, 0.1) is 5.92 Å². The largest absolute Gasteiger partial charge is 0.326 e. The summed E-state index contributed by atoms with van der Waals surface area (Å²) in [6.45, 7) is 7.23. The Bertz CT molecular complexity index is 442. The molecule has 0 unspecified atom stereocenters. The van der Waals surface area contributed by atoms with E-state index in [0.717, 1.165) is 5.82 Å². The van der Waals surface area contributed by atoms with Gasteiger partial charge in [-0.3, -0.25) is 0 Å². The fraction of sp³-hybridized carbons (Fsp3) is 0.941. The molecule has 2 aliphatic rings. The summed E-state index contributed by atoms with van der Waals surface area (Å²) in [5, 5.41) is 13.0. The first-order valence-corrected chi connectivity index (χ1v) is 9.39. The molecule has 1 saturated heterocycles. The SMILES string of the molecule is CC(C)[C@H](c1nnnn1C1CCCCC1)[NH+]1CCCCCC1. The Hall–Kier alpha value is -0.970. The molecule has 5 nitrogen and oxygen atoms in total. The third-order valence-electron chi connectivity index (χ3n) is 5.57. The maximum absolute atomic E-state index is 4.50. The normalized spacial score (nSPS) is 23.6. The molecule has 1 aromatic rings. The van der Waals surface area contributed by atoms with Crippen LogP contribution in [-0.2, 0) is 0 Å². The van der Waals surface area contributed by atoms with E-state index in [9.17, 15) is 0 Å². The van der Waals surface area contributed by atoms with Crippen molar-refractivity contribution in [2.24, 2.45) is 5.92 Å². The molecule has 0 aromatic carbocycles. The van der Waals surface area contributed by atoms with Crippen LogP contribution < -0.4 is 4.90 Å². The first-order chi connectivity index (χ1) is 10.8. The van der Waals surface area contributed by atoms with E-state index < -0.39 is 0 Å². The summed E-state index contributed by atoms with van der Waals surface area (Å²) in [4.78, 5) is 1.71. The van der Waals surface area contributed by atoms with E-state index >= 15 is 0 Å². The van der Waals surface area contributed by atoms with E-state index in [1.54, 1.807) is 4.90 Å². The van der Waals surface area contributed by atoms with Crippen molar-refractivity contribution in [3.63, 3.8) is 0 Å². The predicted octanol–water partition coefficient (Wildman–Crippen LogP) is 2.33. The van der Waals surface area contributed by atoms with Gasteiger partial charge in [0.05, 0.1) is 19.1 Å². The minimum atomic E-state index is 0.454. The average Bonchev–Trinajstić information content (AvgIpc) is 2.84. The van der Waals surface area contributed by atoms with Crippen LogP contribution in [0.4, 0.5) is 0 Å². The molecule has 1 N–H and O–H groups in total. The third kappa shape index (κ3) is 3.50. The Morgan fingerprint density at radius 1 is 0.955 bits per heavy atom. The highest BCUT2D eigenvalue weighted by molar-refractivity contribution is 4.92. The second-order valence-electron chi connectivity index (χ2n) is 7.57. The third-order valence-corrected chi connectivity index (χ3v) is 5.57. The van der Waals surface area contributed by atoms with Gasteiger partial charge in [0.2, 0.25) is 5.82 Å². The minimum absolute atomic E-state index is 0.454. The molecule has 1 atom stereocenters. The van der Waals surface area contributed by atoms with Gasteiger partial charge in [0.1, 0.15) is 0 Å². The van der Waals surface area contributed by atoms with Gasteiger partial charge in [0, 0.05) is 5.92 Å². The molecule has 124 valence electrons. The summed E-state index contributed by atoms with van der Waals surface area (Å²) in [5.74, 6) is 1.74. The molecule has 1 saturated carbocycles. The van der Waals surface area contributed by atoms with Gasteiger partial charge in [0.15, 0.2) is 6.04 Å². The van der Waals surface area contributed by atoms with Gasteiger partial charge >= 0.3 is 0 Å². The fourth-order valence-electron chi connectivity index (χ4n) is 4.44. The lowest BCUT2D eigenvalue weighted by Crippen LogP contribution is -3.12. The van der Waals surface area contributed by atoms with Gasteiger partial charge in [-0.1, -0.05) is 33.1 Å². The molecule has 1 aliphatic heterocycles. The van der Waals surface area contributed by atoms with Crippen LogP contribution in [0.3, 0.4) is 0 Å². The molecule has 0 radical (unpaired) electrons. The van der Waals surface area contributed by atoms with Crippen LogP contribution in [0.2, 0.25) is 0 Å². The maximum Gasteiger partial charge on any atom is 0.209 e. The number of hydrogen-bond donors (Lipinski definition) is 1. The van der Waals surface area contributed by atoms with Gasteiger partial charge in [0.25, 0.3) is 0 Å². The van der Waals surface area contributed by atoms with Gasteiger partial charge in [-0.15, -0.1) is 5.10 Å². The van der Waals surface area contributed by atoms with Gasteiger partial charge in [-0.25, -0.2) is 4.68 Å². The van der Waals surface area contributed by atoms with Crippen molar-refractivity contribution in [2.75, 3.05) is 13.1 Å². The van der Waals surface area contributed by atoms with Crippen LogP contribution in [0.1, 0.15) is 89.5 Å². The maximum atomic E-state index is 4.50. The second kappa shape index (κ2) is 7.53. The summed E-state index contributed by atoms with van der Waals surface area (Å²) < 4.78 is 2.20. The quantitative estimate of drug-likeness (QED) is 0.929. The Balaban J connectivity index is 1.83. The van der Waals surface area contributed by atoms with E-state index in [0.29, 0.717) is 18.0 Å². The van der Waals surface area contributed by atoms with Crippen molar-refractivity contribution in [1.82, 2.24) is 20.2 Å². The molecule has 5 heteroatoms. The predicted molar refractivity (Wildman–Crippen MR) is 86.7 cm³/mol. The van der Waals surface area contributed by atoms with Crippen molar-refractivity contribution in [3.8, 4) is 0 Å². The molecule has 0 amide bonds. The average molecular weight is 306 g/mol. The first-order valence-electron chi connectivity index (χ1n) is 9.39. The minimum Gasteiger partial charge on any atom is -0.326 e. The number of nitrogens with one attached hydrogen (secondary N) is 1. The smallest absolute Gasteiger partial charge is 0.209 e. The molecule has 3 rings (SSSR count). The van der Waals surface area contributed by atoms with E-state index in [1.807, 2.05) is 0 Å². The number of nitrogens with zero attached hydrogens (tertiary/aromatic N) is 4. The second-order valence-corrected chi connectivity index (χ2v) is 7.57. The number of aromatic nitrogens is 4. The fourth-order valence-corrected chi connectivity index (χ4v) is 4.44. The molecule has 0 bridgehead atoms. The number of rotatable bonds is 4. The van der Waals surface area contributed by atoms with Gasteiger partial charge < -0.3 is 4.90 Å². The molecule has 22 heavy (non-hydrogen) atoms. The van der Waals surface area contributed by atoms with Gasteiger partial charge in [-0.2, -0.15) is 0 Å². The van der Waals surface area contributed by atoms with Crippen LogP contribution in [0.25, 0.3) is 0 Å². The number of tetrazole rings is 1. The Morgan fingerprint density at radius 3 is 2.23 bits per heavy atom. The van der Waals surface area contributed by atoms with E-state index in [2.05, 4.69) is 34.1 Å². The topological polar surface area (TPSA) is 48.0 Å². The first kappa shape index (κ1) is 15.9. The number of likely N-dealkylation sites (tertiary alicyclic amines) is 1. The van der Waals surface area contributed by atoms with E-state index in [4.69, 9.17) is 0 Å². The number of quaternary nitrogens is 1. The molecule has 1 aliphatic carbocycles. The monoisotopic (exact) mass is 306 g/mol. The summed E-state index contributed by atoms with van der Waals surface area (Å²) in [5.41, 5.74) is 0. The van der Waals surface area contributed by atoms with Gasteiger partial charge in [-0.05, 0) is 49.0 Å². The molecule has 1 aromatic heterocycles. The Labute approximate surface area is 134 Å². The zero-order valence-corrected chi connectivity index (χ0v) is 14.3. The van der Waals surface area contributed by atoms with Crippen molar-refractivity contribution >= 4 is 0 Å². The van der Waals surface area contributed by atoms with Crippen molar-refractivity contribution in [3.05, 3.63) is 5.82 Å². The van der Waals surface area contributed by atoms with Crippen LogP contribution >= 0.6 is 0 Å². The van der Waals surface area contributed by atoms with E-state index in [1.165, 1.54) is 70.9 Å². The highest BCUT2D eigenvalue weighted by Gasteiger charge is 2.34. The zero-order chi connectivity index (χ0) is 15.4. The highest BCUT2D eigenvalue weighted by atomic mass is 15.6. The van der Waals surface area contributed by atoms with Crippen LogP contribution in [0.15, 0.2) is 0 Å². The summed E-state index contributed by atoms with van der Waals surface area (Å²) >= 11 is 0. The Kier molecular flexibility index (Phi) is 5.45. The van der Waals surface area contributed by atoms with Crippen LogP contribution in [0.5, 0.6) is 0 Å². The summed E-state index contributed by atoms with van der Waals surface area (Å²) in [6.07, 6.45) is 12.0. The summed E-state index contributed by atoms with van der Waals surface area (Å²) in [6, 6.07) is 0.987. The molecule has 0 spiro atoms. The summed E-state index contributed by atoms with van der Waals surface area (Å²) in [7, 11) is 0. The molecule has 2 fully saturated rings. The molecule has 2 heterocycles. The standard InChI is InChI=1S/C17H31N5/c1-14(2)16(21-12-8-3-4-9-13-21)17-18-19-20-22(17)15-10-6-5-7-11-15/h14-16H,3-13H2,1-2H3/p+1/t16-/m1/s1. The molecular formula is C17H32N5+. The highest BCUT2D eigenvalue weighted by Crippen LogP contribution is 2.30. The lowest BCUT2D eigenvalue weighted by Gasteiger charge is -2.31. The van der Waals surface area contributed by atoms with E-state index in [-0.39, 0.29) is 0 Å². The van der Waals surface area contributed by atoms with Crippen molar-refractivity contribution in [2.45, 2.75) is 83.7 Å².